The van der Waals surface area contributed by atoms with Gasteiger partial charge in [-0.3, -0.25) is 18.8 Å². The molecule has 0 saturated carbocycles. The number of carboxylic acids is 2. The number of benzene rings is 1. The number of carbonyl (C=O) groups is 2. The van der Waals surface area contributed by atoms with Crippen molar-refractivity contribution in [2.75, 3.05) is 19.6 Å². The monoisotopic (exact) mass is 415 g/mol. The number of hydrogen-bond donors (Lipinski definition) is 2. The maximum Gasteiger partial charge on any atom is 0.414 e. The van der Waals surface area contributed by atoms with Gasteiger partial charge < -0.3 is 10.2 Å². The van der Waals surface area contributed by atoms with Crippen LogP contribution in [0.5, 0.6) is 0 Å². The predicted octanol–water partition coefficient (Wildman–Crippen LogP) is 0.828. The van der Waals surface area contributed by atoms with Crippen LogP contribution in [-0.4, -0.2) is 55.8 Å². The molecule has 0 aliphatic carbocycles. The molecule has 9 nitrogen and oxygen atoms in total. The van der Waals surface area contributed by atoms with Crippen LogP contribution in [-0.2, 0) is 22.7 Å². The van der Waals surface area contributed by atoms with Gasteiger partial charge in [-0.1, -0.05) is 30.9 Å². The highest BCUT2D eigenvalue weighted by atomic mass is 16.4. The molecule has 2 heterocycles. The fraction of sp³-hybridized carbons (Fsp3) is 0.429. The molecule has 0 spiro atoms. The first-order valence-corrected chi connectivity index (χ1v) is 9.73. The maximum absolute atomic E-state index is 12.7. The third-order valence-electron chi connectivity index (χ3n) is 4.63. The lowest BCUT2D eigenvalue weighted by Gasteiger charge is -2.11. The zero-order valence-corrected chi connectivity index (χ0v) is 16.8. The minimum absolute atomic E-state index is 0.210. The summed E-state index contributed by atoms with van der Waals surface area (Å²) in [6.45, 7) is 5.68. The van der Waals surface area contributed by atoms with Crippen molar-refractivity contribution in [2.45, 2.75) is 39.3 Å². The molecule has 1 saturated heterocycles. The zero-order chi connectivity index (χ0) is 22.1. The second kappa shape index (κ2) is 11.0. The first-order chi connectivity index (χ1) is 14.4. The molecule has 9 heteroatoms. The minimum Gasteiger partial charge on any atom is -0.473 e. The molecule has 1 fully saturated rings. The summed E-state index contributed by atoms with van der Waals surface area (Å²) in [5.41, 5.74) is 0.185. The van der Waals surface area contributed by atoms with Gasteiger partial charge in [-0.25, -0.2) is 14.4 Å². The molecule has 0 radical (unpaired) electrons. The number of hydrogen-bond acceptors (Lipinski definition) is 5. The van der Waals surface area contributed by atoms with Crippen LogP contribution in [0.15, 0.2) is 33.9 Å². The number of fused-ring (bicyclic) bond motifs is 1. The van der Waals surface area contributed by atoms with Gasteiger partial charge in [0.1, 0.15) is 0 Å². The van der Waals surface area contributed by atoms with Gasteiger partial charge in [0.05, 0.1) is 24.0 Å². The van der Waals surface area contributed by atoms with Crippen LogP contribution in [0.1, 0.15) is 26.2 Å². The van der Waals surface area contributed by atoms with Crippen LogP contribution >= 0.6 is 0 Å². The van der Waals surface area contributed by atoms with Gasteiger partial charge in [0, 0.05) is 6.54 Å². The molecule has 2 N–H and O–H groups in total. The lowest BCUT2D eigenvalue weighted by molar-refractivity contribution is -0.159. The number of para-hydroxylation sites is 1. The normalized spacial score (nSPS) is 13.2. The minimum atomic E-state index is -1.82. The van der Waals surface area contributed by atoms with E-state index in [-0.39, 0.29) is 11.2 Å². The molecule has 2 aromatic rings. The number of aromatic nitrogens is 2. The Morgan fingerprint density at radius 1 is 0.967 bits per heavy atom. The van der Waals surface area contributed by atoms with E-state index in [4.69, 9.17) is 19.8 Å². The number of carboxylic acid groups (broad SMARTS) is 2. The van der Waals surface area contributed by atoms with Crippen LogP contribution in [0.3, 0.4) is 0 Å². The second-order valence-corrected chi connectivity index (χ2v) is 6.79. The molecular formula is C21H25N3O6. The predicted molar refractivity (Wildman–Crippen MR) is 111 cm³/mol. The molecule has 0 unspecified atom stereocenters. The largest absolute Gasteiger partial charge is 0.473 e. The molecule has 30 heavy (non-hydrogen) atoms. The average molecular weight is 415 g/mol. The number of likely N-dealkylation sites (tertiary alicyclic amines) is 1. The van der Waals surface area contributed by atoms with E-state index < -0.39 is 11.9 Å². The SMILES string of the molecule is CCCn1c(=O)c2ccccc2n(CC#CCN2CCCC2)c1=O.O=C(O)C(=O)O. The van der Waals surface area contributed by atoms with E-state index in [0.717, 1.165) is 26.1 Å². The quantitative estimate of drug-likeness (QED) is 0.560. The van der Waals surface area contributed by atoms with E-state index in [1.54, 1.807) is 10.6 Å². The summed E-state index contributed by atoms with van der Waals surface area (Å²) in [6.07, 6.45) is 3.23. The van der Waals surface area contributed by atoms with Crippen molar-refractivity contribution >= 4 is 22.8 Å². The standard InChI is InChI=1S/C19H23N3O2.C2H2O4/c1-2-11-22-18(23)16-9-3-4-10-17(16)21(19(22)24)15-8-7-14-20-12-5-6-13-20;3-1(4)2(5)6/h3-4,9-10H,2,5-6,11-15H2,1H3;(H,3,4)(H,5,6). The average Bonchev–Trinajstić information content (AvgIpc) is 3.24. The lowest BCUT2D eigenvalue weighted by atomic mass is 10.2. The van der Waals surface area contributed by atoms with E-state index in [2.05, 4.69) is 16.7 Å². The maximum atomic E-state index is 12.7. The summed E-state index contributed by atoms with van der Waals surface area (Å²) >= 11 is 0. The number of aliphatic carboxylic acids is 2. The Kier molecular flexibility index (Phi) is 8.38. The fourth-order valence-corrected chi connectivity index (χ4v) is 3.19. The first-order valence-electron chi connectivity index (χ1n) is 9.73. The summed E-state index contributed by atoms with van der Waals surface area (Å²) in [4.78, 5) is 45.7. The van der Waals surface area contributed by atoms with Gasteiger partial charge in [0.25, 0.3) is 5.56 Å². The molecule has 1 aliphatic rings. The topological polar surface area (TPSA) is 122 Å². The highest BCUT2D eigenvalue weighted by molar-refractivity contribution is 6.27. The highest BCUT2D eigenvalue weighted by Gasteiger charge is 2.12. The number of rotatable bonds is 4. The summed E-state index contributed by atoms with van der Waals surface area (Å²) in [7, 11) is 0. The Hall–Kier alpha value is -3.38. The zero-order valence-electron chi connectivity index (χ0n) is 16.8. The number of nitrogens with zero attached hydrogens (tertiary/aromatic N) is 3. The Morgan fingerprint density at radius 2 is 1.57 bits per heavy atom. The van der Waals surface area contributed by atoms with Crippen molar-refractivity contribution in [3.05, 3.63) is 45.1 Å². The van der Waals surface area contributed by atoms with Crippen molar-refractivity contribution in [2.24, 2.45) is 0 Å². The molecule has 1 aliphatic heterocycles. The van der Waals surface area contributed by atoms with Gasteiger partial charge >= 0.3 is 17.6 Å². The van der Waals surface area contributed by atoms with Crippen molar-refractivity contribution in [1.29, 1.82) is 0 Å². The third-order valence-corrected chi connectivity index (χ3v) is 4.63. The van der Waals surface area contributed by atoms with Crippen molar-refractivity contribution < 1.29 is 19.8 Å². The second-order valence-electron chi connectivity index (χ2n) is 6.79. The molecule has 1 aromatic carbocycles. The first kappa shape index (κ1) is 22.9. The lowest BCUT2D eigenvalue weighted by Crippen LogP contribution is -2.40. The highest BCUT2D eigenvalue weighted by Crippen LogP contribution is 2.08. The third kappa shape index (κ3) is 5.81. The Bertz CT molecular complexity index is 1070. The molecule has 0 amide bonds. The molecule has 1 aromatic heterocycles. The van der Waals surface area contributed by atoms with Crippen LogP contribution in [0.2, 0.25) is 0 Å². The van der Waals surface area contributed by atoms with E-state index in [0.29, 0.717) is 24.0 Å². The smallest absolute Gasteiger partial charge is 0.414 e. The van der Waals surface area contributed by atoms with Crippen LogP contribution in [0.4, 0.5) is 0 Å². The van der Waals surface area contributed by atoms with Gasteiger partial charge in [-0.05, 0) is 44.5 Å². The Morgan fingerprint density at radius 3 is 2.17 bits per heavy atom. The summed E-state index contributed by atoms with van der Waals surface area (Å²) in [6, 6.07) is 7.27. The van der Waals surface area contributed by atoms with Gasteiger partial charge in [0.2, 0.25) is 0 Å². The summed E-state index contributed by atoms with van der Waals surface area (Å²) in [5, 5.41) is 15.4. The van der Waals surface area contributed by atoms with E-state index in [9.17, 15) is 9.59 Å². The summed E-state index contributed by atoms with van der Waals surface area (Å²) < 4.78 is 2.94. The molecule has 0 atom stereocenters. The van der Waals surface area contributed by atoms with Crippen molar-refractivity contribution in [3.8, 4) is 11.8 Å². The van der Waals surface area contributed by atoms with Crippen LogP contribution < -0.4 is 11.2 Å². The summed E-state index contributed by atoms with van der Waals surface area (Å²) in [5.74, 6) is 2.62. The van der Waals surface area contributed by atoms with Gasteiger partial charge in [-0.2, -0.15) is 0 Å². The van der Waals surface area contributed by atoms with Crippen molar-refractivity contribution in [3.63, 3.8) is 0 Å². The van der Waals surface area contributed by atoms with Crippen molar-refractivity contribution in [1.82, 2.24) is 14.0 Å². The van der Waals surface area contributed by atoms with E-state index in [1.165, 1.54) is 17.4 Å². The van der Waals surface area contributed by atoms with Crippen LogP contribution in [0, 0.1) is 11.8 Å². The van der Waals surface area contributed by atoms with Gasteiger partial charge in [-0.15, -0.1) is 0 Å². The molecule has 3 rings (SSSR count). The molecular weight excluding hydrogens is 390 g/mol. The van der Waals surface area contributed by atoms with Gasteiger partial charge in [0.15, 0.2) is 0 Å². The fourth-order valence-electron chi connectivity index (χ4n) is 3.19. The molecule has 0 bridgehead atoms. The van der Waals surface area contributed by atoms with E-state index >= 15 is 0 Å². The molecule has 160 valence electrons. The van der Waals surface area contributed by atoms with Crippen LogP contribution in [0.25, 0.3) is 10.9 Å². The Labute approximate surface area is 173 Å². The Balaban J connectivity index is 0.000000469. The van der Waals surface area contributed by atoms with E-state index in [1.807, 2.05) is 25.1 Å².